The van der Waals surface area contributed by atoms with Crippen LogP contribution in [-0.4, -0.2) is 26.8 Å². The molecule has 146 valence electrons. The van der Waals surface area contributed by atoms with E-state index < -0.39 is 5.54 Å². The highest BCUT2D eigenvalue weighted by Gasteiger charge is 2.33. The van der Waals surface area contributed by atoms with Gasteiger partial charge in [0.15, 0.2) is 5.16 Å². The number of carbonyl (C=O) groups excluding carboxylic acids is 1. The number of hydrogen-bond donors (Lipinski definition) is 1. The molecule has 1 N–H and O–H groups in total. The number of nitriles is 1. The van der Waals surface area contributed by atoms with Crippen LogP contribution in [0.3, 0.4) is 0 Å². The minimum absolute atomic E-state index is 0.0340. The molecule has 4 rings (SSSR count). The van der Waals surface area contributed by atoms with E-state index in [1.54, 1.807) is 10.6 Å². The molecule has 0 radical (unpaired) electrons. The van der Waals surface area contributed by atoms with Gasteiger partial charge >= 0.3 is 0 Å². The molecule has 2 fully saturated rings. The van der Waals surface area contributed by atoms with Gasteiger partial charge in [-0.25, -0.2) is 4.98 Å². The lowest BCUT2D eigenvalue weighted by Gasteiger charge is -2.26. The van der Waals surface area contributed by atoms with Gasteiger partial charge in [0.1, 0.15) is 5.54 Å². The van der Waals surface area contributed by atoms with E-state index >= 15 is 0 Å². The van der Waals surface area contributed by atoms with Gasteiger partial charge < -0.3 is 5.32 Å². The molecule has 6 nitrogen and oxygen atoms in total. The summed E-state index contributed by atoms with van der Waals surface area (Å²) in [6, 6.07) is 9.86. The maximum absolute atomic E-state index is 12.9. The molecule has 1 amide bonds. The zero-order valence-corrected chi connectivity index (χ0v) is 16.6. The van der Waals surface area contributed by atoms with Gasteiger partial charge in [0, 0.05) is 6.04 Å². The molecule has 2 aliphatic rings. The van der Waals surface area contributed by atoms with Crippen LogP contribution in [0.2, 0.25) is 0 Å². The summed E-state index contributed by atoms with van der Waals surface area (Å²) >= 11 is 1.29. The SMILES string of the molecule is N#CC1(NC(=O)CSc2nc3ccccc3c(=O)n2C2CC2)CCCCCC1. The van der Waals surface area contributed by atoms with Crippen LogP contribution in [-0.2, 0) is 4.79 Å². The molecule has 1 aromatic heterocycles. The highest BCUT2D eigenvalue weighted by molar-refractivity contribution is 7.99. The minimum Gasteiger partial charge on any atom is -0.337 e. The van der Waals surface area contributed by atoms with Crippen molar-refractivity contribution in [1.82, 2.24) is 14.9 Å². The topological polar surface area (TPSA) is 87.8 Å². The predicted molar refractivity (Wildman–Crippen MR) is 109 cm³/mol. The van der Waals surface area contributed by atoms with Crippen LogP contribution in [0.5, 0.6) is 0 Å². The third-order valence-corrected chi connectivity index (χ3v) is 6.52. The lowest BCUT2D eigenvalue weighted by atomic mass is 9.92. The zero-order valence-electron chi connectivity index (χ0n) is 15.8. The minimum atomic E-state index is -0.749. The average molecular weight is 397 g/mol. The lowest BCUT2D eigenvalue weighted by molar-refractivity contribution is -0.120. The normalized spacial score (nSPS) is 19.0. The van der Waals surface area contributed by atoms with Crippen LogP contribution in [0.25, 0.3) is 10.9 Å². The zero-order chi connectivity index (χ0) is 19.6. The number of thioether (sulfide) groups is 1. The van der Waals surface area contributed by atoms with E-state index in [-0.39, 0.29) is 23.3 Å². The quantitative estimate of drug-likeness (QED) is 0.474. The first-order valence-electron chi connectivity index (χ1n) is 9.98. The van der Waals surface area contributed by atoms with Crippen LogP contribution in [0.15, 0.2) is 34.2 Å². The first-order valence-corrected chi connectivity index (χ1v) is 11.0. The van der Waals surface area contributed by atoms with Crippen molar-refractivity contribution in [2.75, 3.05) is 5.75 Å². The van der Waals surface area contributed by atoms with E-state index in [2.05, 4.69) is 16.4 Å². The Hall–Kier alpha value is -2.33. The van der Waals surface area contributed by atoms with Crippen LogP contribution < -0.4 is 10.9 Å². The third-order valence-electron chi connectivity index (χ3n) is 5.57. The summed E-state index contributed by atoms with van der Waals surface area (Å²) in [5.74, 6) is -0.0146. The smallest absolute Gasteiger partial charge is 0.262 e. The summed E-state index contributed by atoms with van der Waals surface area (Å²) in [5.41, 5.74) is -0.126. The number of nitrogens with one attached hydrogen (secondary N) is 1. The molecule has 0 aliphatic heterocycles. The van der Waals surface area contributed by atoms with Gasteiger partial charge in [-0.15, -0.1) is 0 Å². The molecule has 1 heterocycles. The van der Waals surface area contributed by atoms with Gasteiger partial charge in [0.25, 0.3) is 5.56 Å². The number of aromatic nitrogens is 2. The second-order valence-electron chi connectivity index (χ2n) is 7.76. The molecule has 0 spiro atoms. The molecule has 0 bridgehead atoms. The summed E-state index contributed by atoms with van der Waals surface area (Å²) in [6.07, 6.45) is 7.52. The predicted octanol–water partition coefficient (Wildman–Crippen LogP) is 3.56. The number of benzene rings is 1. The maximum atomic E-state index is 12.9. The highest BCUT2D eigenvalue weighted by Crippen LogP contribution is 2.37. The number of nitrogens with zero attached hydrogens (tertiary/aromatic N) is 3. The summed E-state index contributed by atoms with van der Waals surface area (Å²) in [6.45, 7) is 0. The molecule has 0 unspecified atom stereocenters. The Morgan fingerprint density at radius 3 is 2.64 bits per heavy atom. The van der Waals surface area contributed by atoms with Crippen molar-refractivity contribution >= 4 is 28.6 Å². The van der Waals surface area contributed by atoms with Crippen molar-refractivity contribution in [3.8, 4) is 6.07 Å². The maximum Gasteiger partial charge on any atom is 0.262 e. The summed E-state index contributed by atoms with van der Waals surface area (Å²) in [4.78, 5) is 30.2. The van der Waals surface area contributed by atoms with Crippen molar-refractivity contribution in [3.05, 3.63) is 34.6 Å². The van der Waals surface area contributed by atoms with Crippen LogP contribution in [0.1, 0.15) is 57.4 Å². The van der Waals surface area contributed by atoms with Crippen molar-refractivity contribution in [3.63, 3.8) is 0 Å². The van der Waals surface area contributed by atoms with E-state index in [0.29, 0.717) is 28.9 Å². The Morgan fingerprint density at radius 2 is 1.96 bits per heavy atom. The highest BCUT2D eigenvalue weighted by atomic mass is 32.2. The Bertz CT molecular complexity index is 982. The van der Waals surface area contributed by atoms with E-state index in [9.17, 15) is 14.9 Å². The van der Waals surface area contributed by atoms with Gasteiger partial charge in [-0.1, -0.05) is 49.6 Å². The first kappa shape index (κ1) is 19.0. The molecule has 28 heavy (non-hydrogen) atoms. The first-order chi connectivity index (χ1) is 13.6. The number of rotatable bonds is 5. The molecule has 2 aromatic rings. The standard InChI is InChI=1S/C21H24N4O2S/c22-14-21(11-5-1-2-6-12-21)24-18(26)13-28-20-23-17-8-4-3-7-16(17)19(27)25(20)15-9-10-15/h3-4,7-8,15H,1-2,5-6,9-13H2,(H,24,26). The van der Waals surface area contributed by atoms with Gasteiger partial charge in [0.05, 0.1) is 22.7 Å². The van der Waals surface area contributed by atoms with Gasteiger partial charge in [0.2, 0.25) is 5.91 Å². The second kappa shape index (κ2) is 7.96. The fourth-order valence-corrected chi connectivity index (χ4v) is 4.78. The second-order valence-corrected chi connectivity index (χ2v) is 8.71. The number of amides is 1. The van der Waals surface area contributed by atoms with E-state index in [4.69, 9.17) is 0 Å². The van der Waals surface area contributed by atoms with E-state index in [1.165, 1.54) is 11.8 Å². The molecular weight excluding hydrogens is 372 g/mol. The van der Waals surface area contributed by atoms with Crippen LogP contribution >= 0.6 is 11.8 Å². The Morgan fingerprint density at radius 1 is 1.25 bits per heavy atom. The van der Waals surface area contributed by atoms with Crippen LogP contribution in [0, 0.1) is 11.3 Å². The summed E-state index contributed by atoms with van der Waals surface area (Å²) in [5, 5.41) is 13.8. The fraction of sp³-hybridized carbons (Fsp3) is 0.524. The summed E-state index contributed by atoms with van der Waals surface area (Å²) in [7, 11) is 0. The molecule has 7 heteroatoms. The molecular formula is C21H24N4O2S. The van der Waals surface area contributed by atoms with E-state index in [0.717, 1.165) is 38.5 Å². The van der Waals surface area contributed by atoms with E-state index in [1.807, 2.05) is 18.2 Å². The van der Waals surface area contributed by atoms with Crippen molar-refractivity contribution in [2.24, 2.45) is 0 Å². The molecule has 0 atom stereocenters. The Labute approximate surface area is 168 Å². The monoisotopic (exact) mass is 396 g/mol. The molecule has 1 aromatic carbocycles. The Balaban J connectivity index is 1.52. The summed E-state index contributed by atoms with van der Waals surface area (Å²) < 4.78 is 1.74. The number of hydrogen-bond acceptors (Lipinski definition) is 5. The Kier molecular flexibility index (Phi) is 5.40. The molecule has 0 saturated heterocycles. The fourth-order valence-electron chi connectivity index (χ4n) is 3.91. The number of fused-ring (bicyclic) bond motifs is 1. The van der Waals surface area contributed by atoms with Gasteiger partial charge in [-0.2, -0.15) is 5.26 Å². The van der Waals surface area contributed by atoms with Gasteiger partial charge in [-0.3, -0.25) is 14.2 Å². The van der Waals surface area contributed by atoms with Gasteiger partial charge in [-0.05, 0) is 37.8 Å². The number of para-hydroxylation sites is 1. The van der Waals surface area contributed by atoms with Crippen LogP contribution in [0.4, 0.5) is 0 Å². The largest absolute Gasteiger partial charge is 0.337 e. The van der Waals surface area contributed by atoms with Crippen molar-refractivity contribution in [1.29, 1.82) is 5.26 Å². The molecule has 2 saturated carbocycles. The van der Waals surface area contributed by atoms with Crippen molar-refractivity contribution in [2.45, 2.75) is 68.1 Å². The average Bonchev–Trinajstić information content (AvgIpc) is 3.55. The lowest BCUT2D eigenvalue weighted by Crippen LogP contribution is -2.47. The van der Waals surface area contributed by atoms with Crippen molar-refractivity contribution < 1.29 is 4.79 Å². The number of carbonyl (C=O) groups is 1. The molecule has 2 aliphatic carbocycles. The third kappa shape index (κ3) is 3.93.